The molecular weight excluding hydrogens is 250 g/mol. The van der Waals surface area contributed by atoms with Crippen LogP contribution in [0.1, 0.15) is 23.1 Å². The summed E-state index contributed by atoms with van der Waals surface area (Å²) in [4.78, 5) is 4.16. The minimum Gasteiger partial charge on any atom is -0.477 e. The van der Waals surface area contributed by atoms with Crippen molar-refractivity contribution in [3.05, 3.63) is 59.3 Å². The third kappa shape index (κ3) is 3.57. The van der Waals surface area contributed by atoms with E-state index in [4.69, 9.17) is 15.9 Å². The van der Waals surface area contributed by atoms with Gasteiger partial charge in [-0.25, -0.2) is 4.98 Å². The third-order valence-corrected chi connectivity index (χ3v) is 3.09. The summed E-state index contributed by atoms with van der Waals surface area (Å²) in [5.41, 5.74) is 8.36. The highest BCUT2D eigenvalue weighted by molar-refractivity contribution is 5.98. The van der Waals surface area contributed by atoms with Crippen molar-refractivity contribution >= 4 is 5.84 Å². The Kier molecular flexibility index (Phi) is 4.71. The van der Waals surface area contributed by atoms with Crippen LogP contribution >= 0.6 is 0 Å². The van der Waals surface area contributed by atoms with E-state index in [1.807, 2.05) is 31.2 Å². The first kappa shape index (κ1) is 14.1. The topological polar surface area (TPSA) is 72.0 Å². The molecule has 0 fully saturated rings. The van der Waals surface area contributed by atoms with E-state index in [2.05, 4.69) is 17.1 Å². The molecule has 4 nitrogen and oxygen atoms in total. The fraction of sp³-hybridized carbons (Fsp3) is 0.250. The molecule has 2 rings (SSSR count). The molecule has 104 valence electrons. The van der Waals surface area contributed by atoms with Crippen LogP contribution in [0.5, 0.6) is 5.88 Å². The van der Waals surface area contributed by atoms with Crippen LogP contribution in [0.3, 0.4) is 0 Å². The molecule has 0 aliphatic carbocycles. The Morgan fingerprint density at radius 3 is 2.70 bits per heavy atom. The van der Waals surface area contributed by atoms with Gasteiger partial charge in [-0.15, -0.1) is 0 Å². The Bertz CT molecular complexity index is 582. The van der Waals surface area contributed by atoms with Crippen LogP contribution < -0.4 is 10.5 Å². The monoisotopic (exact) mass is 269 g/mol. The van der Waals surface area contributed by atoms with E-state index in [1.54, 1.807) is 6.20 Å². The fourth-order valence-corrected chi connectivity index (χ4v) is 2.06. The number of nitrogens with zero attached hydrogens (tertiary/aromatic N) is 1. The minimum absolute atomic E-state index is 0.00587. The van der Waals surface area contributed by atoms with Crippen molar-refractivity contribution < 1.29 is 4.74 Å². The molecule has 0 spiro atoms. The number of nitrogens with one attached hydrogen (secondary N) is 1. The van der Waals surface area contributed by atoms with Gasteiger partial charge < -0.3 is 10.5 Å². The number of aromatic nitrogens is 1. The summed E-state index contributed by atoms with van der Waals surface area (Å²) in [7, 11) is 0. The van der Waals surface area contributed by atoms with Crippen molar-refractivity contribution in [3.8, 4) is 5.88 Å². The first-order chi connectivity index (χ1) is 9.68. The molecule has 2 aromatic rings. The molecule has 0 saturated heterocycles. The molecule has 0 aliphatic heterocycles. The second-order valence-corrected chi connectivity index (χ2v) is 4.66. The van der Waals surface area contributed by atoms with E-state index in [0.717, 1.165) is 18.4 Å². The molecule has 0 saturated carbocycles. The third-order valence-electron chi connectivity index (χ3n) is 3.09. The molecule has 3 N–H and O–H groups in total. The summed E-state index contributed by atoms with van der Waals surface area (Å²) in [6.07, 6.45) is 3.54. The average Bonchev–Trinajstić information content (AvgIpc) is 2.44. The lowest BCUT2D eigenvalue weighted by molar-refractivity contribution is 0.298. The summed E-state index contributed by atoms with van der Waals surface area (Å²) >= 11 is 0. The highest BCUT2D eigenvalue weighted by Crippen LogP contribution is 2.18. The molecule has 0 amide bonds. The average molecular weight is 269 g/mol. The lowest BCUT2D eigenvalue weighted by Gasteiger charge is -2.11. The van der Waals surface area contributed by atoms with Crippen LogP contribution in [-0.2, 0) is 6.42 Å². The second-order valence-electron chi connectivity index (χ2n) is 4.66. The second kappa shape index (κ2) is 6.70. The number of pyridine rings is 1. The molecule has 1 aromatic carbocycles. The van der Waals surface area contributed by atoms with Crippen LogP contribution in [0.15, 0.2) is 42.6 Å². The predicted octanol–water partition coefficient (Wildman–Crippen LogP) is 2.69. The zero-order valence-corrected chi connectivity index (χ0v) is 11.6. The smallest absolute Gasteiger partial charge is 0.224 e. The summed E-state index contributed by atoms with van der Waals surface area (Å²) in [5, 5.41) is 7.59. The first-order valence-corrected chi connectivity index (χ1v) is 6.65. The maximum absolute atomic E-state index is 7.59. The quantitative estimate of drug-likeness (QED) is 0.481. The van der Waals surface area contributed by atoms with Gasteiger partial charge in [0.05, 0.1) is 12.2 Å². The van der Waals surface area contributed by atoms with E-state index in [0.29, 0.717) is 18.1 Å². The van der Waals surface area contributed by atoms with Crippen LogP contribution in [0.2, 0.25) is 0 Å². The maximum atomic E-state index is 7.59. The van der Waals surface area contributed by atoms with E-state index in [9.17, 15) is 0 Å². The minimum atomic E-state index is -0.00587. The van der Waals surface area contributed by atoms with Gasteiger partial charge in [0, 0.05) is 6.20 Å². The lowest BCUT2D eigenvalue weighted by Crippen LogP contribution is -2.16. The predicted molar refractivity (Wildman–Crippen MR) is 80.2 cm³/mol. The van der Waals surface area contributed by atoms with Crippen molar-refractivity contribution in [2.45, 2.75) is 19.8 Å². The van der Waals surface area contributed by atoms with E-state index in [1.165, 1.54) is 5.56 Å². The van der Waals surface area contributed by atoms with E-state index < -0.39 is 0 Å². The van der Waals surface area contributed by atoms with Crippen molar-refractivity contribution in [2.75, 3.05) is 6.61 Å². The molecule has 0 aliphatic rings. The Morgan fingerprint density at radius 1 is 1.25 bits per heavy atom. The zero-order valence-electron chi connectivity index (χ0n) is 11.6. The fourth-order valence-electron chi connectivity index (χ4n) is 2.06. The van der Waals surface area contributed by atoms with Crippen molar-refractivity contribution in [1.29, 1.82) is 5.41 Å². The SMILES string of the molecule is Cc1ccnc(OCCCc2ccccc2)c1C(=N)N. The number of ether oxygens (including phenoxy) is 1. The lowest BCUT2D eigenvalue weighted by atomic mass is 10.1. The zero-order chi connectivity index (χ0) is 14.4. The van der Waals surface area contributed by atoms with Gasteiger partial charge in [0.2, 0.25) is 5.88 Å². The molecule has 0 unspecified atom stereocenters. The van der Waals surface area contributed by atoms with E-state index >= 15 is 0 Å². The van der Waals surface area contributed by atoms with Crippen LogP contribution in [0.4, 0.5) is 0 Å². The Labute approximate surface area is 119 Å². The molecule has 0 atom stereocenters. The summed E-state index contributed by atoms with van der Waals surface area (Å²) in [6, 6.07) is 12.1. The first-order valence-electron chi connectivity index (χ1n) is 6.65. The Hall–Kier alpha value is -2.36. The number of aryl methyl sites for hydroxylation is 2. The number of hydrogen-bond acceptors (Lipinski definition) is 3. The van der Waals surface area contributed by atoms with Crippen molar-refractivity contribution in [3.63, 3.8) is 0 Å². The van der Waals surface area contributed by atoms with Crippen LogP contribution in [0, 0.1) is 12.3 Å². The van der Waals surface area contributed by atoms with Gasteiger partial charge in [0.15, 0.2) is 0 Å². The number of nitrogens with two attached hydrogens (primary N) is 1. The molecule has 20 heavy (non-hydrogen) atoms. The molecule has 0 radical (unpaired) electrons. The number of nitrogen functional groups attached to an aromatic ring is 1. The number of rotatable bonds is 6. The highest BCUT2D eigenvalue weighted by atomic mass is 16.5. The van der Waals surface area contributed by atoms with Crippen LogP contribution in [-0.4, -0.2) is 17.4 Å². The normalized spacial score (nSPS) is 10.2. The molecule has 1 aromatic heterocycles. The van der Waals surface area contributed by atoms with Gasteiger partial charge in [-0.1, -0.05) is 30.3 Å². The van der Waals surface area contributed by atoms with Gasteiger partial charge in [0.1, 0.15) is 5.84 Å². The van der Waals surface area contributed by atoms with Crippen LogP contribution in [0.25, 0.3) is 0 Å². The standard InChI is InChI=1S/C16H19N3O/c1-12-9-10-19-16(14(12)15(17)18)20-11-5-8-13-6-3-2-4-7-13/h2-4,6-7,9-10H,5,8,11H2,1H3,(H3,17,18). The summed E-state index contributed by atoms with van der Waals surface area (Å²) in [6.45, 7) is 2.46. The van der Waals surface area contributed by atoms with Gasteiger partial charge in [-0.3, -0.25) is 5.41 Å². The van der Waals surface area contributed by atoms with Crippen molar-refractivity contribution in [1.82, 2.24) is 4.98 Å². The van der Waals surface area contributed by atoms with E-state index in [-0.39, 0.29) is 5.84 Å². The molecule has 4 heteroatoms. The number of amidine groups is 1. The van der Waals surface area contributed by atoms with Crippen molar-refractivity contribution in [2.24, 2.45) is 5.73 Å². The largest absolute Gasteiger partial charge is 0.477 e. The van der Waals surface area contributed by atoms with Gasteiger partial charge in [-0.2, -0.15) is 0 Å². The molecular formula is C16H19N3O. The Morgan fingerprint density at radius 2 is 2.00 bits per heavy atom. The number of hydrogen-bond donors (Lipinski definition) is 2. The summed E-state index contributed by atoms with van der Waals surface area (Å²) < 4.78 is 5.67. The molecule has 0 bridgehead atoms. The Balaban J connectivity index is 1.92. The molecule has 1 heterocycles. The number of benzene rings is 1. The maximum Gasteiger partial charge on any atom is 0.224 e. The van der Waals surface area contributed by atoms with Gasteiger partial charge >= 0.3 is 0 Å². The highest BCUT2D eigenvalue weighted by Gasteiger charge is 2.11. The van der Waals surface area contributed by atoms with Gasteiger partial charge in [0.25, 0.3) is 0 Å². The summed E-state index contributed by atoms with van der Waals surface area (Å²) in [5.74, 6) is 0.444. The van der Waals surface area contributed by atoms with Gasteiger partial charge in [-0.05, 0) is 37.0 Å².